The van der Waals surface area contributed by atoms with E-state index in [9.17, 15) is 13.6 Å². The fourth-order valence-corrected chi connectivity index (χ4v) is 2.38. The number of fused-ring (bicyclic) bond motifs is 1. The summed E-state index contributed by atoms with van der Waals surface area (Å²) in [6, 6.07) is 7.78. The summed E-state index contributed by atoms with van der Waals surface area (Å²) >= 11 is 0. The Bertz CT molecular complexity index is 909. The van der Waals surface area contributed by atoms with Gasteiger partial charge in [-0.05, 0) is 32.0 Å². The number of carbonyl (C=O) groups excluding carboxylic acids is 1. The Morgan fingerprint density at radius 2 is 2.00 bits per heavy atom. The molecule has 0 aliphatic rings. The van der Waals surface area contributed by atoms with Crippen LogP contribution >= 0.6 is 0 Å². The first-order chi connectivity index (χ1) is 12.0. The maximum Gasteiger partial charge on any atom is 0.387 e. The predicted octanol–water partition coefficient (Wildman–Crippen LogP) is 3.87. The Kier molecular flexibility index (Phi) is 4.60. The molecule has 3 aromatic rings. The number of pyridine rings is 1. The molecular weight excluding hydrogens is 330 g/mol. The molecule has 0 aliphatic heterocycles. The number of alkyl halides is 2. The highest BCUT2D eigenvalue weighted by atomic mass is 19.3. The van der Waals surface area contributed by atoms with Crippen molar-refractivity contribution in [2.45, 2.75) is 26.5 Å². The van der Waals surface area contributed by atoms with Crippen LogP contribution in [0.25, 0.3) is 11.2 Å². The number of nitrogens with zero attached hydrogens (tertiary/aromatic N) is 3. The lowest BCUT2D eigenvalue weighted by Gasteiger charge is -2.11. The molecule has 1 amide bonds. The molecule has 2 heterocycles. The number of nitrogens with one attached hydrogen (secondary N) is 1. The zero-order valence-corrected chi connectivity index (χ0v) is 13.6. The zero-order valence-electron chi connectivity index (χ0n) is 13.6. The van der Waals surface area contributed by atoms with E-state index in [1.165, 1.54) is 18.3 Å². The highest BCUT2D eigenvalue weighted by Crippen LogP contribution is 2.26. The van der Waals surface area contributed by atoms with Crippen molar-refractivity contribution in [3.8, 4) is 5.75 Å². The number of aromatic nitrogens is 3. The van der Waals surface area contributed by atoms with Crippen LogP contribution in [0.1, 0.15) is 30.2 Å². The summed E-state index contributed by atoms with van der Waals surface area (Å²) in [5, 5.41) is 2.55. The number of hydrogen-bond donors (Lipinski definition) is 1. The molecule has 2 aromatic heterocycles. The van der Waals surface area contributed by atoms with E-state index in [-0.39, 0.29) is 23.0 Å². The summed E-state index contributed by atoms with van der Waals surface area (Å²) in [4.78, 5) is 20.9. The van der Waals surface area contributed by atoms with E-state index in [0.717, 1.165) is 0 Å². The summed E-state index contributed by atoms with van der Waals surface area (Å²) in [6.07, 6.45) is 3.09. The second-order valence-corrected chi connectivity index (χ2v) is 5.64. The Balaban J connectivity index is 1.86. The number of amides is 1. The minimum Gasteiger partial charge on any atom is -0.433 e. The van der Waals surface area contributed by atoms with Crippen LogP contribution in [0, 0.1) is 0 Å². The van der Waals surface area contributed by atoms with Crippen molar-refractivity contribution in [3.05, 3.63) is 48.4 Å². The monoisotopic (exact) mass is 346 g/mol. The molecule has 6 nitrogen and oxygen atoms in total. The Labute approximate surface area is 142 Å². The minimum absolute atomic E-state index is 0.107. The van der Waals surface area contributed by atoms with E-state index >= 15 is 0 Å². The first-order valence-corrected chi connectivity index (χ1v) is 7.63. The third kappa shape index (κ3) is 3.57. The van der Waals surface area contributed by atoms with Gasteiger partial charge in [0.2, 0.25) is 0 Å². The van der Waals surface area contributed by atoms with Gasteiger partial charge in [-0.15, -0.1) is 0 Å². The lowest BCUT2D eigenvalue weighted by Crippen LogP contribution is -2.14. The van der Waals surface area contributed by atoms with Crippen molar-refractivity contribution in [1.29, 1.82) is 0 Å². The largest absolute Gasteiger partial charge is 0.433 e. The summed E-state index contributed by atoms with van der Waals surface area (Å²) in [7, 11) is 0. The molecule has 0 atom stereocenters. The third-order valence-electron chi connectivity index (χ3n) is 3.58. The minimum atomic E-state index is -2.98. The van der Waals surface area contributed by atoms with Crippen molar-refractivity contribution >= 4 is 22.8 Å². The molecule has 0 fully saturated rings. The Hall–Kier alpha value is -3.03. The van der Waals surface area contributed by atoms with Crippen molar-refractivity contribution in [2.75, 3.05) is 5.32 Å². The van der Waals surface area contributed by atoms with Gasteiger partial charge in [-0.1, -0.05) is 12.1 Å². The number of hydrogen-bond acceptors (Lipinski definition) is 4. The van der Waals surface area contributed by atoms with Gasteiger partial charge < -0.3 is 14.6 Å². The number of anilines is 1. The van der Waals surface area contributed by atoms with Crippen LogP contribution < -0.4 is 10.1 Å². The fraction of sp³-hybridized carbons (Fsp3) is 0.235. The standard InChI is InChI=1S/C17H16F2N4O2/c1-10(2)23-9-21-13-7-11(8-20-15(13)23)16(24)22-12-5-3-4-6-14(12)25-17(18)19/h3-10,17H,1-2H3,(H,22,24). The Morgan fingerprint density at radius 3 is 2.72 bits per heavy atom. The van der Waals surface area contributed by atoms with E-state index < -0.39 is 12.5 Å². The molecule has 25 heavy (non-hydrogen) atoms. The van der Waals surface area contributed by atoms with Crippen LogP contribution in [0.4, 0.5) is 14.5 Å². The first kappa shape index (κ1) is 16.8. The van der Waals surface area contributed by atoms with Crippen LogP contribution in [0.3, 0.4) is 0 Å². The van der Waals surface area contributed by atoms with Gasteiger partial charge in [-0.3, -0.25) is 4.79 Å². The van der Waals surface area contributed by atoms with Crippen LogP contribution in [0.2, 0.25) is 0 Å². The summed E-state index contributed by atoms with van der Waals surface area (Å²) in [6.45, 7) is 1.03. The second-order valence-electron chi connectivity index (χ2n) is 5.64. The highest BCUT2D eigenvalue weighted by Gasteiger charge is 2.15. The molecule has 0 radical (unpaired) electrons. The van der Waals surface area contributed by atoms with Crippen molar-refractivity contribution in [1.82, 2.24) is 14.5 Å². The van der Waals surface area contributed by atoms with Crippen LogP contribution in [0.5, 0.6) is 5.75 Å². The second kappa shape index (κ2) is 6.84. The summed E-state index contributed by atoms with van der Waals surface area (Å²) < 4.78 is 31.2. The molecule has 8 heteroatoms. The molecule has 0 saturated carbocycles. The van der Waals surface area contributed by atoms with Gasteiger partial charge in [0.05, 0.1) is 17.6 Å². The van der Waals surface area contributed by atoms with Crippen molar-refractivity contribution in [2.24, 2.45) is 0 Å². The number of imidazole rings is 1. The maximum atomic E-state index is 12.4. The molecule has 0 saturated heterocycles. The van der Waals surface area contributed by atoms with Crippen LogP contribution in [0.15, 0.2) is 42.9 Å². The van der Waals surface area contributed by atoms with Gasteiger partial charge in [0, 0.05) is 12.2 Å². The number of ether oxygens (including phenoxy) is 1. The van der Waals surface area contributed by atoms with Crippen LogP contribution in [-0.4, -0.2) is 27.1 Å². The average Bonchev–Trinajstić information content (AvgIpc) is 2.99. The molecular formula is C17H16F2N4O2. The molecule has 0 bridgehead atoms. The van der Waals surface area contributed by atoms with Gasteiger partial charge in [0.25, 0.3) is 5.91 Å². The lowest BCUT2D eigenvalue weighted by molar-refractivity contribution is -0.0493. The van der Waals surface area contributed by atoms with E-state index in [1.54, 1.807) is 24.5 Å². The molecule has 3 rings (SSSR count). The van der Waals surface area contributed by atoms with E-state index in [1.807, 2.05) is 18.4 Å². The lowest BCUT2D eigenvalue weighted by atomic mass is 10.2. The number of rotatable bonds is 5. The number of para-hydroxylation sites is 2. The first-order valence-electron chi connectivity index (χ1n) is 7.63. The van der Waals surface area contributed by atoms with Gasteiger partial charge in [-0.25, -0.2) is 9.97 Å². The molecule has 0 aliphatic carbocycles. The topological polar surface area (TPSA) is 69.0 Å². The fourth-order valence-electron chi connectivity index (χ4n) is 2.38. The smallest absolute Gasteiger partial charge is 0.387 e. The summed E-state index contributed by atoms with van der Waals surface area (Å²) in [5.74, 6) is -0.595. The molecule has 1 aromatic carbocycles. The van der Waals surface area contributed by atoms with Crippen LogP contribution in [-0.2, 0) is 0 Å². The van der Waals surface area contributed by atoms with E-state index in [4.69, 9.17) is 0 Å². The highest BCUT2D eigenvalue weighted by molar-refractivity contribution is 6.06. The molecule has 0 unspecified atom stereocenters. The number of carbonyl (C=O) groups is 1. The molecule has 1 N–H and O–H groups in total. The normalized spacial score (nSPS) is 11.3. The third-order valence-corrected chi connectivity index (χ3v) is 3.58. The number of halogens is 2. The number of benzene rings is 1. The van der Waals surface area contributed by atoms with Crippen molar-refractivity contribution in [3.63, 3.8) is 0 Å². The predicted molar refractivity (Wildman–Crippen MR) is 88.9 cm³/mol. The maximum absolute atomic E-state index is 12.4. The van der Waals surface area contributed by atoms with Gasteiger partial charge >= 0.3 is 6.61 Å². The molecule has 130 valence electrons. The SMILES string of the molecule is CC(C)n1cnc2cc(C(=O)Nc3ccccc3OC(F)F)cnc21. The van der Waals surface area contributed by atoms with Gasteiger partial charge in [-0.2, -0.15) is 8.78 Å². The zero-order chi connectivity index (χ0) is 18.0. The van der Waals surface area contributed by atoms with E-state index in [2.05, 4.69) is 20.0 Å². The van der Waals surface area contributed by atoms with E-state index in [0.29, 0.717) is 11.2 Å². The Morgan fingerprint density at radius 1 is 1.24 bits per heavy atom. The summed E-state index contributed by atoms with van der Waals surface area (Å²) in [5.41, 5.74) is 1.68. The van der Waals surface area contributed by atoms with Gasteiger partial charge in [0.1, 0.15) is 11.3 Å². The van der Waals surface area contributed by atoms with Crippen molar-refractivity contribution < 1.29 is 18.3 Å². The average molecular weight is 346 g/mol. The molecule has 0 spiro atoms. The quantitative estimate of drug-likeness (QED) is 0.761. The van der Waals surface area contributed by atoms with Gasteiger partial charge in [0.15, 0.2) is 5.65 Å².